The number of hydrogen-bond donors (Lipinski definition) is 3. The molecule has 0 aromatic carbocycles. The predicted molar refractivity (Wildman–Crippen MR) is 38.8 cm³/mol. The van der Waals surface area contributed by atoms with E-state index < -0.39 is 12.2 Å². The van der Waals surface area contributed by atoms with Crippen molar-refractivity contribution in [3.8, 4) is 0 Å². The summed E-state index contributed by atoms with van der Waals surface area (Å²) in [7, 11) is 0. The largest absolute Gasteiger partial charge is 0.396 e. The molecule has 0 aromatic rings. The van der Waals surface area contributed by atoms with Gasteiger partial charge < -0.3 is 15.3 Å². The van der Waals surface area contributed by atoms with Gasteiger partial charge in [0.05, 0.1) is 12.2 Å². The predicted octanol–water partition coefficient (Wildman–Crippen LogP) is -0.643. The van der Waals surface area contributed by atoms with Crippen molar-refractivity contribution in [2.45, 2.75) is 25.6 Å². The molecular formula is C8H14O3. The van der Waals surface area contributed by atoms with E-state index in [1.165, 1.54) is 0 Å². The molecule has 2 aliphatic carbocycles. The van der Waals surface area contributed by atoms with Crippen molar-refractivity contribution in [2.75, 3.05) is 6.61 Å². The summed E-state index contributed by atoms with van der Waals surface area (Å²) in [5.41, 5.74) is -0.0905. The molecule has 5 unspecified atom stereocenters. The van der Waals surface area contributed by atoms with Gasteiger partial charge in [0.25, 0.3) is 0 Å². The first-order valence-corrected chi connectivity index (χ1v) is 4.08. The summed E-state index contributed by atoms with van der Waals surface area (Å²) in [5, 5.41) is 27.8. The molecule has 0 bridgehead atoms. The third kappa shape index (κ3) is 0.736. The van der Waals surface area contributed by atoms with Crippen molar-refractivity contribution in [2.24, 2.45) is 17.3 Å². The molecule has 2 saturated carbocycles. The Bertz CT molecular complexity index is 180. The van der Waals surface area contributed by atoms with Crippen molar-refractivity contribution in [3.05, 3.63) is 0 Å². The Morgan fingerprint density at radius 2 is 2.09 bits per heavy atom. The zero-order chi connectivity index (χ0) is 8.22. The molecular weight excluding hydrogens is 144 g/mol. The van der Waals surface area contributed by atoms with Crippen LogP contribution in [0.25, 0.3) is 0 Å². The molecule has 3 heteroatoms. The van der Waals surface area contributed by atoms with Gasteiger partial charge in [-0.2, -0.15) is 0 Å². The van der Waals surface area contributed by atoms with E-state index in [-0.39, 0.29) is 17.9 Å². The molecule has 0 spiro atoms. The van der Waals surface area contributed by atoms with Crippen molar-refractivity contribution in [1.82, 2.24) is 0 Å². The molecule has 2 fully saturated rings. The minimum Gasteiger partial charge on any atom is -0.396 e. The summed E-state index contributed by atoms with van der Waals surface area (Å²) in [5.74, 6) is 0.257. The van der Waals surface area contributed by atoms with Crippen LogP contribution < -0.4 is 0 Å². The van der Waals surface area contributed by atoms with Gasteiger partial charge >= 0.3 is 0 Å². The fourth-order valence-corrected chi connectivity index (χ4v) is 2.49. The molecule has 64 valence electrons. The topological polar surface area (TPSA) is 60.7 Å². The maximum atomic E-state index is 9.51. The Morgan fingerprint density at radius 1 is 1.45 bits per heavy atom. The van der Waals surface area contributed by atoms with E-state index in [1.807, 2.05) is 6.92 Å². The Morgan fingerprint density at radius 3 is 2.36 bits per heavy atom. The standard InChI is InChI=1S/C8H14O3/c1-8-2-5(8)4(3-9)6(10)7(8)11/h4-7,9-11H,2-3H2,1H3. The first-order chi connectivity index (χ1) is 5.11. The molecule has 3 nitrogen and oxygen atoms in total. The van der Waals surface area contributed by atoms with Crippen LogP contribution in [0.1, 0.15) is 13.3 Å². The van der Waals surface area contributed by atoms with Gasteiger partial charge in [-0.25, -0.2) is 0 Å². The number of aliphatic hydroxyl groups excluding tert-OH is 3. The first-order valence-electron chi connectivity index (χ1n) is 4.08. The van der Waals surface area contributed by atoms with E-state index in [0.29, 0.717) is 5.92 Å². The van der Waals surface area contributed by atoms with E-state index in [1.54, 1.807) is 0 Å². The zero-order valence-electron chi connectivity index (χ0n) is 6.57. The van der Waals surface area contributed by atoms with Crippen LogP contribution >= 0.6 is 0 Å². The Labute approximate surface area is 65.7 Å². The second-order valence-electron chi connectivity index (χ2n) is 4.10. The van der Waals surface area contributed by atoms with Crippen molar-refractivity contribution < 1.29 is 15.3 Å². The van der Waals surface area contributed by atoms with E-state index in [4.69, 9.17) is 5.11 Å². The van der Waals surface area contributed by atoms with Crippen LogP contribution in [0, 0.1) is 17.3 Å². The minimum atomic E-state index is -0.705. The fourth-order valence-electron chi connectivity index (χ4n) is 2.49. The van der Waals surface area contributed by atoms with E-state index >= 15 is 0 Å². The maximum absolute atomic E-state index is 9.51. The lowest BCUT2D eigenvalue weighted by atomic mass is 9.99. The normalized spacial score (nSPS) is 61.1. The van der Waals surface area contributed by atoms with Crippen LogP contribution in [0.3, 0.4) is 0 Å². The van der Waals surface area contributed by atoms with E-state index in [9.17, 15) is 10.2 Å². The van der Waals surface area contributed by atoms with Gasteiger partial charge in [0.1, 0.15) is 0 Å². The lowest BCUT2D eigenvalue weighted by Gasteiger charge is -2.19. The fraction of sp³-hybridized carbons (Fsp3) is 1.00. The maximum Gasteiger partial charge on any atom is 0.0859 e. The highest BCUT2D eigenvalue weighted by Gasteiger charge is 2.67. The molecule has 5 atom stereocenters. The number of rotatable bonds is 1. The molecule has 2 rings (SSSR count). The van der Waals surface area contributed by atoms with Crippen LogP contribution in [0.2, 0.25) is 0 Å². The highest BCUT2D eigenvalue weighted by molar-refractivity contribution is 5.16. The van der Waals surface area contributed by atoms with Gasteiger partial charge in [-0.1, -0.05) is 6.92 Å². The highest BCUT2D eigenvalue weighted by Crippen LogP contribution is 2.65. The van der Waals surface area contributed by atoms with Gasteiger partial charge in [0.15, 0.2) is 0 Å². The summed E-state index contributed by atoms with van der Waals surface area (Å²) in [6.45, 7) is 1.97. The van der Waals surface area contributed by atoms with Gasteiger partial charge in [0.2, 0.25) is 0 Å². The van der Waals surface area contributed by atoms with Gasteiger partial charge in [-0.15, -0.1) is 0 Å². The average Bonchev–Trinajstić information content (AvgIpc) is 2.59. The summed E-state index contributed by atoms with van der Waals surface area (Å²) < 4.78 is 0. The smallest absolute Gasteiger partial charge is 0.0859 e. The lowest BCUT2D eigenvalue weighted by Crippen LogP contribution is -2.33. The van der Waals surface area contributed by atoms with E-state index in [0.717, 1.165) is 6.42 Å². The minimum absolute atomic E-state index is 0.00150. The molecule has 0 amide bonds. The third-order valence-corrected chi connectivity index (χ3v) is 3.51. The number of aliphatic hydroxyl groups is 3. The Kier molecular flexibility index (Phi) is 1.35. The first kappa shape index (κ1) is 7.53. The summed E-state index contributed by atoms with van der Waals surface area (Å²) >= 11 is 0. The Balaban J connectivity index is 2.18. The molecule has 3 N–H and O–H groups in total. The highest BCUT2D eigenvalue weighted by atomic mass is 16.3. The van der Waals surface area contributed by atoms with Gasteiger partial charge in [0, 0.05) is 12.5 Å². The summed E-state index contributed by atoms with van der Waals surface area (Å²) in [6, 6.07) is 0. The molecule has 0 aliphatic heterocycles. The number of hydrogen-bond acceptors (Lipinski definition) is 3. The van der Waals surface area contributed by atoms with E-state index in [2.05, 4.69) is 0 Å². The quantitative estimate of drug-likeness (QED) is 0.475. The zero-order valence-corrected chi connectivity index (χ0v) is 6.57. The molecule has 0 saturated heterocycles. The lowest BCUT2D eigenvalue weighted by molar-refractivity contribution is -0.0271. The van der Waals surface area contributed by atoms with Crippen molar-refractivity contribution in [3.63, 3.8) is 0 Å². The van der Waals surface area contributed by atoms with Gasteiger partial charge in [-0.05, 0) is 17.8 Å². The van der Waals surface area contributed by atoms with Gasteiger partial charge in [-0.3, -0.25) is 0 Å². The molecule has 0 radical (unpaired) electrons. The molecule has 0 aromatic heterocycles. The monoisotopic (exact) mass is 158 g/mol. The molecule has 11 heavy (non-hydrogen) atoms. The number of fused-ring (bicyclic) bond motifs is 1. The summed E-state index contributed by atoms with van der Waals surface area (Å²) in [4.78, 5) is 0. The summed E-state index contributed by atoms with van der Waals surface area (Å²) in [6.07, 6.45) is -0.371. The SMILES string of the molecule is CC12CC1C(CO)C(O)C2O. The molecule has 0 heterocycles. The average molecular weight is 158 g/mol. The van der Waals surface area contributed by atoms with Crippen molar-refractivity contribution >= 4 is 0 Å². The van der Waals surface area contributed by atoms with Crippen LogP contribution in [0.15, 0.2) is 0 Å². The second kappa shape index (κ2) is 1.97. The third-order valence-electron chi connectivity index (χ3n) is 3.51. The van der Waals surface area contributed by atoms with Crippen LogP contribution in [0.4, 0.5) is 0 Å². The van der Waals surface area contributed by atoms with Crippen LogP contribution in [0.5, 0.6) is 0 Å². The van der Waals surface area contributed by atoms with Crippen LogP contribution in [-0.4, -0.2) is 34.1 Å². The van der Waals surface area contributed by atoms with Crippen molar-refractivity contribution in [1.29, 1.82) is 0 Å². The Hall–Kier alpha value is -0.120. The molecule has 2 aliphatic rings. The van der Waals surface area contributed by atoms with Crippen LogP contribution in [-0.2, 0) is 0 Å². The second-order valence-corrected chi connectivity index (χ2v) is 4.10.